The highest BCUT2D eigenvalue weighted by Crippen LogP contribution is 2.34. The minimum Gasteiger partial charge on any atom is -0.467 e. The highest BCUT2D eigenvalue weighted by Gasteiger charge is 2.41. The van der Waals surface area contributed by atoms with E-state index in [9.17, 15) is 18.8 Å². The molecule has 0 N–H and O–H groups in total. The number of carbonyl (C=O) groups is 3. The summed E-state index contributed by atoms with van der Waals surface area (Å²) in [6.45, 7) is 1.40. The summed E-state index contributed by atoms with van der Waals surface area (Å²) in [7, 11) is 1.17. The molecule has 1 aromatic carbocycles. The number of ether oxygens (including phenoxy) is 1. The summed E-state index contributed by atoms with van der Waals surface area (Å²) in [6, 6.07) is 4.88. The molecule has 2 rings (SSSR count). The number of esters is 1. The van der Waals surface area contributed by atoms with E-state index in [1.807, 2.05) is 0 Å². The minimum atomic E-state index is -1.02. The number of imide groups is 1. The van der Waals surface area contributed by atoms with Crippen LogP contribution in [0, 0.1) is 5.82 Å². The second-order valence-electron chi connectivity index (χ2n) is 4.27. The Morgan fingerprint density at radius 2 is 2.05 bits per heavy atom. The summed E-state index contributed by atoms with van der Waals surface area (Å²) in [5.74, 6) is -1.82. The van der Waals surface area contributed by atoms with Gasteiger partial charge in [-0.2, -0.15) is 0 Å². The molecule has 1 saturated heterocycles. The first-order chi connectivity index (χ1) is 9.95. The Morgan fingerprint density at radius 1 is 1.38 bits per heavy atom. The molecule has 1 aromatic rings. The number of hydrogen-bond donors (Lipinski definition) is 0. The summed E-state index contributed by atoms with van der Waals surface area (Å²) in [4.78, 5) is 36.4. The van der Waals surface area contributed by atoms with Gasteiger partial charge >= 0.3 is 5.97 Å². The second kappa shape index (κ2) is 6.09. The third-order valence-electron chi connectivity index (χ3n) is 2.94. The monoisotopic (exact) mass is 309 g/mol. The first kappa shape index (κ1) is 15.2. The second-order valence-corrected chi connectivity index (χ2v) is 5.27. The van der Waals surface area contributed by atoms with Crippen molar-refractivity contribution >= 4 is 35.0 Å². The molecule has 1 aliphatic heterocycles. The van der Waals surface area contributed by atoms with E-state index in [-0.39, 0.29) is 10.5 Å². The molecule has 0 bridgehead atoms. The molecule has 0 unspecified atom stereocenters. The zero-order valence-corrected chi connectivity index (χ0v) is 12.1. The highest BCUT2D eigenvalue weighted by atomic mass is 32.2. The maximum atomic E-state index is 13.6. The molecule has 5 nitrogen and oxygen atoms in total. The van der Waals surface area contributed by atoms with Crippen LogP contribution in [0.15, 0.2) is 29.2 Å². The van der Waals surface area contributed by atoms with Crippen LogP contribution in [-0.4, -0.2) is 35.2 Å². The fraction of sp³-hybridized carbons (Fsp3) is 0.214. The number of carbonyl (C=O) groups excluding carboxylic acids is 3. The number of methoxy groups -OCH3 is 1. The molecule has 2 amide bonds. The van der Waals surface area contributed by atoms with Gasteiger partial charge in [0.05, 0.1) is 12.0 Å². The van der Waals surface area contributed by atoms with Gasteiger partial charge < -0.3 is 4.74 Å². The number of thioether (sulfide) groups is 1. The van der Waals surface area contributed by atoms with Gasteiger partial charge in [0, 0.05) is 5.56 Å². The number of rotatable bonds is 3. The number of amides is 2. The Labute approximate surface area is 124 Å². The van der Waals surface area contributed by atoms with Gasteiger partial charge in [0.25, 0.3) is 11.1 Å². The summed E-state index contributed by atoms with van der Waals surface area (Å²) in [5, 5.41) is -0.583. The number of benzene rings is 1. The van der Waals surface area contributed by atoms with Crippen molar-refractivity contribution in [2.75, 3.05) is 7.11 Å². The highest BCUT2D eigenvalue weighted by molar-refractivity contribution is 8.18. The average molecular weight is 309 g/mol. The van der Waals surface area contributed by atoms with Gasteiger partial charge in [-0.3, -0.25) is 14.5 Å². The van der Waals surface area contributed by atoms with Crippen molar-refractivity contribution in [3.8, 4) is 0 Å². The van der Waals surface area contributed by atoms with E-state index in [1.54, 1.807) is 6.07 Å². The van der Waals surface area contributed by atoms with Gasteiger partial charge in [0.1, 0.15) is 11.9 Å². The molecular weight excluding hydrogens is 297 g/mol. The Hall–Kier alpha value is -2.15. The molecule has 1 heterocycles. The van der Waals surface area contributed by atoms with Crippen molar-refractivity contribution in [3.05, 3.63) is 40.6 Å². The van der Waals surface area contributed by atoms with Crippen LogP contribution in [0.5, 0.6) is 0 Å². The van der Waals surface area contributed by atoms with Crippen molar-refractivity contribution in [2.24, 2.45) is 0 Å². The molecule has 0 spiro atoms. The number of hydrogen-bond acceptors (Lipinski definition) is 5. The average Bonchev–Trinajstić information content (AvgIpc) is 2.74. The van der Waals surface area contributed by atoms with Crippen LogP contribution < -0.4 is 0 Å². The van der Waals surface area contributed by atoms with Crippen molar-refractivity contribution in [1.82, 2.24) is 4.90 Å². The van der Waals surface area contributed by atoms with Crippen LogP contribution in [-0.2, 0) is 14.3 Å². The van der Waals surface area contributed by atoms with E-state index in [1.165, 1.54) is 38.3 Å². The molecule has 1 fully saturated rings. The van der Waals surface area contributed by atoms with Gasteiger partial charge in [-0.1, -0.05) is 18.2 Å². The van der Waals surface area contributed by atoms with Crippen LogP contribution in [0.3, 0.4) is 0 Å². The molecule has 0 aliphatic carbocycles. The molecule has 0 radical (unpaired) electrons. The van der Waals surface area contributed by atoms with Gasteiger partial charge in [0.2, 0.25) is 0 Å². The Bertz CT molecular complexity index is 644. The van der Waals surface area contributed by atoms with Crippen molar-refractivity contribution in [3.63, 3.8) is 0 Å². The molecule has 21 heavy (non-hydrogen) atoms. The van der Waals surface area contributed by atoms with Crippen molar-refractivity contribution < 1.29 is 23.5 Å². The van der Waals surface area contributed by atoms with E-state index in [4.69, 9.17) is 0 Å². The quantitative estimate of drug-likeness (QED) is 0.634. The van der Waals surface area contributed by atoms with Crippen LogP contribution in [0.2, 0.25) is 0 Å². The smallest absolute Gasteiger partial charge is 0.328 e. The summed E-state index contributed by atoms with van der Waals surface area (Å²) in [6.07, 6.45) is 1.30. The maximum absolute atomic E-state index is 13.6. The maximum Gasteiger partial charge on any atom is 0.328 e. The third-order valence-corrected chi connectivity index (χ3v) is 3.83. The Balaban J connectivity index is 2.30. The molecule has 1 aliphatic rings. The predicted molar refractivity (Wildman–Crippen MR) is 75.7 cm³/mol. The van der Waals surface area contributed by atoms with Gasteiger partial charge in [-0.25, -0.2) is 9.18 Å². The zero-order valence-electron chi connectivity index (χ0n) is 11.3. The number of halogens is 1. The van der Waals surface area contributed by atoms with Crippen LogP contribution in [0.25, 0.3) is 6.08 Å². The van der Waals surface area contributed by atoms with Gasteiger partial charge in [-0.15, -0.1) is 0 Å². The van der Waals surface area contributed by atoms with E-state index >= 15 is 0 Å². The molecular formula is C14H12FNO4S. The topological polar surface area (TPSA) is 63.7 Å². The lowest BCUT2D eigenvalue weighted by Crippen LogP contribution is -2.42. The van der Waals surface area contributed by atoms with Crippen LogP contribution in [0.4, 0.5) is 9.18 Å². The summed E-state index contributed by atoms with van der Waals surface area (Å²) >= 11 is 0.666. The minimum absolute atomic E-state index is 0.0702. The van der Waals surface area contributed by atoms with E-state index in [2.05, 4.69) is 4.74 Å². The van der Waals surface area contributed by atoms with Crippen molar-refractivity contribution in [2.45, 2.75) is 13.0 Å². The fourth-order valence-corrected chi connectivity index (χ4v) is 2.72. The predicted octanol–water partition coefficient (Wildman–Crippen LogP) is 2.42. The lowest BCUT2D eigenvalue weighted by atomic mass is 10.2. The van der Waals surface area contributed by atoms with Gasteiger partial charge in [0.15, 0.2) is 0 Å². The van der Waals surface area contributed by atoms with E-state index in [0.29, 0.717) is 11.8 Å². The largest absolute Gasteiger partial charge is 0.467 e. The third kappa shape index (κ3) is 2.97. The Kier molecular flexibility index (Phi) is 4.42. The van der Waals surface area contributed by atoms with Crippen LogP contribution >= 0.6 is 11.8 Å². The summed E-state index contributed by atoms with van der Waals surface area (Å²) < 4.78 is 18.1. The van der Waals surface area contributed by atoms with E-state index < -0.39 is 29.0 Å². The zero-order chi connectivity index (χ0) is 15.6. The lowest BCUT2D eigenvalue weighted by molar-refractivity contribution is -0.148. The molecule has 7 heteroatoms. The van der Waals surface area contributed by atoms with Crippen molar-refractivity contribution in [1.29, 1.82) is 0 Å². The Morgan fingerprint density at radius 3 is 2.67 bits per heavy atom. The molecule has 1 atom stereocenters. The standard InChI is InChI=1S/C14H12FNO4S/c1-8(13(18)20-2)16-12(17)11(21-14(16)19)7-9-5-3-4-6-10(9)15/h3-8H,1-2H3/t8-/m1/s1. The van der Waals surface area contributed by atoms with E-state index in [0.717, 1.165) is 4.90 Å². The molecule has 0 saturated carbocycles. The molecule has 110 valence electrons. The fourth-order valence-electron chi connectivity index (χ4n) is 1.82. The van der Waals surface area contributed by atoms with Crippen LogP contribution in [0.1, 0.15) is 12.5 Å². The SMILES string of the molecule is COC(=O)[C@@H](C)N1C(=O)SC(=Cc2ccccc2F)C1=O. The lowest BCUT2D eigenvalue weighted by Gasteiger charge is -2.18. The van der Waals surface area contributed by atoms with Gasteiger partial charge in [-0.05, 0) is 30.8 Å². The first-order valence-corrected chi connectivity index (χ1v) is 6.86. The normalized spacial score (nSPS) is 18.2. The summed E-state index contributed by atoms with van der Waals surface area (Å²) in [5.41, 5.74) is 0.203. The molecule has 0 aromatic heterocycles. The first-order valence-electron chi connectivity index (χ1n) is 6.05. The number of nitrogens with zero attached hydrogens (tertiary/aromatic N) is 1.